The minimum absolute atomic E-state index is 0.205. The van der Waals surface area contributed by atoms with Crippen molar-refractivity contribution in [3.8, 4) is 5.75 Å². The van der Waals surface area contributed by atoms with Gasteiger partial charge in [-0.1, -0.05) is 35.0 Å². The molecule has 2 aromatic heterocycles. The van der Waals surface area contributed by atoms with Gasteiger partial charge in [0, 0.05) is 6.54 Å². The van der Waals surface area contributed by atoms with Crippen molar-refractivity contribution < 1.29 is 14.1 Å². The van der Waals surface area contributed by atoms with Crippen LogP contribution in [0, 0.1) is 34.6 Å². The number of nitrogens with one attached hydrogen (secondary N) is 1. The minimum atomic E-state index is -0.311. The number of carbonyl (C=O) groups is 1. The topological polar surface area (TPSA) is 82.2 Å². The molecule has 2 heterocycles. The highest BCUT2D eigenvalue weighted by atomic mass is 35.5. The number of para-hydroxylation sites is 1. The number of hydrogen-bond acceptors (Lipinski definition) is 5. The lowest BCUT2D eigenvalue weighted by molar-refractivity contribution is 0.0940. The molecule has 0 aliphatic carbocycles. The highest BCUT2D eigenvalue weighted by Crippen LogP contribution is 2.25. The van der Waals surface area contributed by atoms with Crippen molar-refractivity contribution in [2.45, 2.75) is 47.8 Å². The molecule has 1 N–H and O–H groups in total. The molecule has 3 rings (SSSR count). The SMILES string of the molecule is Cc1cccc(C)c1OCc1c(C(=O)NCCn2nc(C)c(Cl)c2C)noc1C. The van der Waals surface area contributed by atoms with Crippen molar-refractivity contribution in [1.82, 2.24) is 20.3 Å². The summed E-state index contributed by atoms with van der Waals surface area (Å²) >= 11 is 6.16. The summed E-state index contributed by atoms with van der Waals surface area (Å²) in [5.74, 6) is 1.06. The maximum absolute atomic E-state index is 12.6. The number of benzene rings is 1. The number of nitrogens with zero attached hydrogens (tertiary/aromatic N) is 3. The summed E-state index contributed by atoms with van der Waals surface area (Å²) in [7, 11) is 0. The van der Waals surface area contributed by atoms with E-state index in [0.717, 1.165) is 28.3 Å². The standard InChI is InChI=1S/C21H25ClN4O3/c1-12-7-6-8-13(2)20(12)28-11-17-16(5)29-25-19(17)21(27)23-9-10-26-15(4)18(22)14(3)24-26/h6-8H,9-11H2,1-5H3,(H,23,27). The number of hydrogen-bond donors (Lipinski definition) is 1. The van der Waals surface area contributed by atoms with E-state index in [4.69, 9.17) is 20.9 Å². The van der Waals surface area contributed by atoms with Crippen molar-refractivity contribution in [1.29, 1.82) is 0 Å². The van der Waals surface area contributed by atoms with Crippen LogP contribution in [0.5, 0.6) is 5.75 Å². The van der Waals surface area contributed by atoms with Gasteiger partial charge in [-0.15, -0.1) is 0 Å². The molecule has 0 aliphatic rings. The van der Waals surface area contributed by atoms with Crippen LogP contribution in [0.1, 0.15) is 44.3 Å². The van der Waals surface area contributed by atoms with Crippen molar-refractivity contribution in [3.05, 3.63) is 62.8 Å². The van der Waals surface area contributed by atoms with E-state index < -0.39 is 0 Å². The van der Waals surface area contributed by atoms with Crippen LogP contribution in [-0.2, 0) is 13.2 Å². The first kappa shape index (κ1) is 20.9. The number of aromatic nitrogens is 3. The summed E-state index contributed by atoms with van der Waals surface area (Å²) in [6.07, 6.45) is 0. The van der Waals surface area contributed by atoms with Crippen LogP contribution in [0.3, 0.4) is 0 Å². The Morgan fingerprint density at radius 1 is 1.21 bits per heavy atom. The highest BCUT2D eigenvalue weighted by molar-refractivity contribution is 6.31. The molecule has 7 nitrogen and oxygen atoms in total. The Morgan fingerprint density at radius 2 is 1.90 bits per heavy atom. The van der Waals surface area contributed by atoms with E-state index in [1.807, 2.05) is 45.9 Å². The molecule has 0 spiro atoms. The average molecular weight is 417 g/mol. The van der Waals surface area contributed by atoms with E-state index in [2.05, 4.69) is 15.6 Å². The van der Waals surface area contributed by atoms with Crippen molar-refractivity contribution in [2.24, 2.45) is 0 Å². The Bertz CT molecular complexity index is 1020. The van der Waals surface area contributed by atoms with E-state index >= 15 is 0 Å². The highest BCUT2D eigenvalue weighted by Gasteiger charge is 2.21. The zero-order valence-corrected chi connectivity index (χ0v) is 18.1. The first-order valence-electron chi connectivity index (χ1n) is 9.41. The molecule has 0 saturated carbocycles. The van der Waals surface area contributed by atoms with Crippen LogP contribution in [0.15, 0.2) is 22.7 Å². The predicted octanol–water partition coefficient (Wildman–Crippen LogP) is 4.08. The lowest BCUT2D eigenvalue weighted by Gasteiger charge is -2.12. The molecule has 0 saturated heterocycles. The van der Waals surface area contributed by atoms with Gasteiger partial charge in [-0.3, -0.25) is 9.48 Å². The Hall–Kier alpha value is -2.80. The van der Waals surface area contributed by atoms with Crippen LogP contribution in [0.2, 0.25) is 5.02 Å². The van der Waals surface area contributed by atoms with Gasteiger partial charge in [0.15, 0.2) is 5.69 Å². The molecule has 0 aliphatic heterocycles. The molecule has 0 unspecified atom stereocenters. The summed E-state index contributed by atoms with van der Waals surface area (Å²) in [5, 5.41) is 11.8. The maximum atomic E-state index is 12.6. The second-order valence-corrected chi connectivity index (χ2v) is 7.42. The molecule has 0 radical (unpaired) electrons. The molecule has 1 amide bonds. The van der Waals surface area contributed by atoms with Crippen molar-refractivity contribution >= 4 is 17.5 Å². The molecule has 154 valence electrons. The second kappa shape index (κ2) is 8.69. The smallest absolute Gasteiger partial charge is 0.273 e. The number of carbonyl (C=O) groups excluding carboxylic acids is 1. The summed E-state index contributed by atoms with van der Waals surface area (Å²) in [6.45, 7) is 10.6. The fraction of sp³-hybridized carbons (Fsp3) is 0.381. The van der Waals surface area contributed by atoms with Gasteiger partial charge in [0.25, 0.3) is 5.91 Å². The van der Waals surface area contributed by atoms with E-state index in [-0.39, 0.29) is 18.2 Å². The largest absolute Gasteiger partial charge is 0.488 e. The van der Waals surface area contributed by atoms with Gasteiger partial charge in [0.05, 0.1) is 28.5 Å². The van der Waals surface area contributed by atoms with Gasteiger partial charge >= 0.3 is 0 Å². The number of rotatable bonds is 7. The fourth-order valence-electron chi connectivity index (χ4n) is 3.16. The monoisotopic (exact) mass is 416 g/mol. The van der Waals surface area contributed by atoms with Crippen LogP contribution < -0.4 is 10.1 Å². The molecule has 0 atom stereocenters. The molecule has 3 aromatic rings. The maximum Gasteiger partial charge on any atom is 0.273 e. The molecule has 1 aromatic carbocycles. The molecule has 8 heteroatoms. The van der Waals surface area contributed by atoms with Gasteiger partial charge in [-0.05, 0) is 45.7 Å². The Labute approximate surface area is 175 Å². The third-order valence-electron chi connectivity index (χ3n) is 4.87. The normalized spacial score (nSPS) is 11.0. The molecular weight excluding hydrogens is 392 g/mol. The summed E-state index contributed by atoms with van der Waals surface area (Å²) in [6, 6.07) is 5.96. The molecule has 0 fully saturated rings. The Morgan fingerprint density at radius 3 is 2.52 bits per heavy atom. The van der Waals surface area contributed by atoms with Crippen LogP contribution in [-0.4, -0.2) is 27.4 Å². The van der Waals surface area contributed by atoms with E-state index in [9.17, 15) is 4.79 Å². The van der Waals surface area contributed by atoms with Gasteiger partial charge in [-0.25, -0.2) is 0 Å². The third-order valence-corrected chi connectivity index (χ3v) is 5.42. The van der Waals surface area contributed by atoms with Gasteiger partial charge in [0.2, 0.25) is 0 Å². The van der Waals surface area contributed by atoms with E-state index in [1.54, 1.807) is 11.6 Å². The van der Waals surface area contributed by atoms with Gasteiger partial charge in [0.1, 0.15) is 18.1 Å². The zero-order chi connectivity index (χ0) is 21.1. The Kier molecular flexibility index (Phi) is 6.27. The van der Waals surface area contributed by atoms with Gasteiger partial charge in [-0.2, -0.15) is 5.10 Å². The number of amides is 1. The van der Waals surface area contributed by atoms with E-state index in [0.29, 0.717) is 29.4 Å². The molecular formula is C21H25ClN4O3. The first-order chi connectivity index (χ1) is 13.8. The lowest BCUT2D eigenvalue weighted by atomic mass is 10.1. The van der Waals surface area contributed by atoms with Crippen LogP contribution in [0.25, 0.3) is 0 Å². The van der Waals surface area contributed by atoms with E-state index in [1.165, 1.54) is 0 Å². The number of aryl methyl sites for hydroxylation is 4. The zero-order valence-electron chi connectivity index (χ0n) is 17.3. The van der Waals surface area contributed by atoms with Crippen LogP contribution in [0.4, 0.5) is 0 Å². The van der Waals surface area contributed by atoms with Crippen molar-refractivity contribution in [3.63, 3.8) is 0 Å². The third kappa shape index (κ3) is 4.45. The molecule has 29 heavy (non-hydrogen) atoms. The van der Waals surface area contributed by atoms with Crippen molar-refractivity contribution in [2.75, 3.05) is 6.54 Å². The predicted molar refractivity (Wildman–Crippen MR) is 111 cm³/mol. The first-order valence-corrected chi connectivity index (χ1v) is 9.79. The molecule has 0 bridgehead atoms. The summed E-state index contributed by atoms with van der Waals surface area (Å²) in [4.78, 5) is 12.6. The summed E-state index contributed by atoms with van der Waals surface area (Å²) < 4.78 is 13.0. The summed E-state index contributed by atoms with van der Waals surface area (Å²) in [5.41, 5.74) is 4.59. The second-order valence-electron chi connectivity index (χ2n) is 7.04. The minimum Gasteiger partial charge on any atom is -0.488 e. The lowest BCUT2D eigenvalue weighted by Crippen LogP contribution is -2.29. The Balaban J connectivity index is 1.65. The van der Waals surface area contributed by atoms with Gasteiger partial charge < -0.3 is 14.6 Å². The average Bonchev–Trinajstić information content (AvgIpc) is 3.16. The quantitative estimate of drug-likeness (QED) is 0.627. The fourth-order valence-corrected chi connectivity index (χ4v) is 3.30. The number of halogens is 1. The number of ether oxygens (including phenoxy) is 1. The van der Waals surface area contributed by atoms with Crippen LogP contribution >= 0.6 is 11.6 Å².